The molecule has 0 saturated heterocycles. The summed E-state index contributed by atoms with van der Waals surface area (Å²) in [6, 6.07) is 14.2. The van der Waals surface area contributed by atoms with Crippen LogP contribution in [-0.2, 0) is 0 Å². The van der Waals surface area contributed by atoms with Crippen molar-refractivity contribution in [3.8, 4) is 32.5 Å². The van der Waals surface area contributed by atoms with Gasteiger partial charge in [0.2, 0.25) is 0 Å². The fourth-order valence-corrected chi connectivity index (χ4v) is 2.84. The van der Waals surface area contributed by atoms with Gasteiger partial charge in [-0.05, 0) is 24.3 Å². The van der Waals surface area contributed by atoms with E-state index in [-0.39, 0.29) is 11.5 Å². The standard InChI is InChI=1S/C15H11NO2S/c17-12-7-3-1-5-10(12)14-9-16-15(19-14)11-6-2-4-8-13(11)18/h1-9,17-18H. The number of thiazole rings is 1. The lowest BCUT2D eigenvalue weighted by molar-refractivity contribution is 0.477. The normalized spacial score (nSPS) is 10.5. The fourth-order valence-electron chi connectivity index (χ4n) is 1.86. The highest BCUT2D eigenvalue weighted by Gasteiger charge is 2.11. The Morgan fingerprint density at radius 1 is 0.789 bits per heavy atom. The summed E-state index contributed by atoms with van der Waals surface area (Å²) in [6.45, 7) is 0. The lowest BCUT2D eigenvalue weighted by Crippen LogP contribution is -1.75. The molecule has 2 aromatic carbocycles. The van der Waals surface area contributed by atoms with Crippen LogP contribution in [0.1, 0.15) is 0 Å². The molecule has 0 saturated carbocycles. The molecular weight excluding hydrogens is 258 g/mol. The van der Waals surface area contributed by atoms with Crippen LogP contribution in [0.25, 0.3) is 21.0 Å². The second-order valence-corrected chi connectivity index (χ2v) is 5.09. The number of benzene rings is 2. The molecule has 0 fully saturated rings. The fraction of sp³-hybridized carbons (Fsp3) is 0. The summed E-state index contributed by atoms with van der Waals surface area (Å²) >= 11 is 1.44. The number of hydrogen-bond acceptors (Lipinski definition) is 4. The van der Waals surface area contributed by atoms with Crippen molar-refractivity contribution in [1.82, 2.24) is 4.98 Å². The van der Waals surface area contributed by atoms with Gasteiger partial charge in [0.25, 0.3) is 0 Å². The van der Waals surface area contributed by atoms with E-state index in [2.05, 4.69) is 4.98 Å². The molecule has 0 radical (unpaired) electrons. The van der Waals surface area contributed by atoms with Crippen LogP contribution >= 0.6 is 11.3 Å². The van der Waals surface area contributed by atoms with Crippen LogP contribution in [0, 0.1) is 0 Å². The SMILES string of the molecule is Oc1ccccc1-c1cnc(-c2ccccc2O)s1. The van der Waals surface area contributed by atoms with Crippen LogP contribution < -0.4 is 0 Å². The number of para-hydroxylation sites is 2. The van der Waals surface area contributed by atoms with Gasteiger partial charge in [0.15, 0.2) is 0 Å². The second-order valence-electron chi connectivity index (χ2n) is 4.06. The highest BCUT2D eigenvalue weighted by molar-refractivity contribution is 7.18. The smallest absolute Gasteiger partial charge is 0.127 e. The first-order valence-electron chi connectivity index (χ1n) is 5.78. The third kappa shape index (κ3) is 2.18. The minimum atomic E-state index is 0.209. The molecule has 4 heteroatoms. The van der Waals surface area contributed by atoms with Crippen molar-refractivity contribution in [3.63, 3.8) is 0 Å². The van der Waals surface area contributed by atoms with Gasteiger partial charge in [0, 0.05) is 11.8 Å². The van der Waals surface area contributed by atoms with E-state index in [1.54, 1.807) is 30.5 Å². The number of rotatable bonds is 2. The third-order valence-electron chi connectivity index (χ3n) is 2.81. The zero-order chi connectivity index (χ0) is 13.2. The van der Waals surface area contributed by atoms with Crippen molar-refractivity contribution < 1.29 is 10.2 Å². The van der Waals surface area contributed by atoms with Gasteiger partial charge in [-0.1, -0.05) is 24.3 Å². The molecule has 3 nitrogen and oxygen atoms in total. The van der Waals surface area contributed by atoms with Crippen LogP contribution in [0.5, 0.6) is 11.5 Å². The van der Waals surface area contributed by atoms with Crippen LogP contribution in [0.2, 0.25) is 0 Å². The summed E-state index contributed by atoms with van der Waals surface area (Å²) in [5.74, 6) is 0.440. The molecule has 0 aliphatic carbocycles. The molecular formula is C15H11NO2S. The first-order chi connectivity index (χ1) is 9.25. The van der Waals surface area contributed by atoms with Crippen LogP contribution in [0.15, 0.2) is 54.7 Å². The quantitative estimate of drug-likeness (QED) is 0.742. The summed E-state index contributed by atoms with van der Waals surface area (Å²) in [4.78, 5) is 5.18. The minimum Gasteiger partial charge on any atom is -0.507 e. The van der Waals surface area contributed by atoms with Crippen molar-refractivity contribution in [2.75, 3.05) is 0 Å². The van der Waals surface area contributed by atoms with E-state index in [1.165, 1.54) is 11.3 Å². The number of phenolic OH excluding ortho intramolecular Hbond substituents is 2. The Bertz CT molecular complexity index is 661. The Morgan fingerprint density at radius 2 is 1.37 bits per heavy atom. The average molecular weight is 269 g/mol. The molecule has 0 spiro atoms. The Kier molecular flexibility index (Phi) is 2.93. The van der Waals surface area contributed by atoms with E-state index < -0.39 is 0 Å². The topological polar surface area (TPSA) is 53.4 Å². The summed E-state index contributed by atoms with van der Waals surface area (Å²) in [6.07, 6.45) is 1.71. The molecule has 2 N–H and O–H groups in total. The van der Waals surface area contributed by atoms with Gasteiger partial charge >= 0.3 is 0 Å². The van der Waals surface area contributed by atoms with Gasteiger partial charge in [0.05, 0.1) is 10.4 Å². The number of aromatic hydroxyl groups is 2. The second kappa shape index (κ2) is 4.74. The Hall–Kier alpha value is -2.33. The number of aromatic nitrogens is 1. The van der Waals surface area contributed by atoms with Crippen LogP contribution in [0.3, 0.4) is 0 Å². The average Bonchev–Trinajstić information content (AvgIpc) is 2.89. The van der Waals surface area contributed by atoms with E-state index in [1.807, 2.05) is 24.3 Å². The molecule has 0 bridgehead atoms. The molecule has 0 aliphatic heterocycles. The van der Waals surface area contributed by atoms with Crippen molar-refractivity contribution in [3.05, 3.63) is 54.7 Å². The molecule has 0 aliphatic rings. The van der Waals surface area contributed by atoms with Gasteiger partial charge in [0.1, 0.15) is 16.5 Å². The maximum atomic E-state index is 9.83. The predicted molar refractivity (Wildman–Crippen MR) is 76.3 cm³/mol. The summed E-state index contributed by atoms with van der Waals surface area (Å²) in [5.41, 5.74) is 1.45. The molecule has 94 valence electrons. The van der Waals surface area contributed by atoms with Gasteiger partial charge in [-0.2, -0.15) is 0 Å². The maximum absolute atomic E-state index is 9.83. The molecule has 19 heavy (non-hydrogen) atoms. The van der Waals surface area contributed by atoms with E-state index in [9.17, 15) is 10.2 Å². The number of hydrogen-bond donors (Lipinski definition) is 2. The number of phenols is 2. The van der Waals surface area contributed by atoms with Crippen LogP contribution in [0.4, 0.5) is 0 Å². The third-order valence-corrected chi connectivity index (χ3v) is 3.87. The van der Waals surface area contributed by atoms with Gasteiger partial charge in [-0.25, -0.2) is 4.98 Å². The van der Waals surface area contributed by atoms with E-state index >= 15 is 0 Å². The van der Waals surface area contributed by atoms with Crippen molar-refractivity contribution >= 4 is 11.3 Å². The zero-order valence-electron chi connectivity index (χ0n) is 9.95. The molecule has 1 heterocycles. The molecule has 3 aromatic rings. The lowest BCUT2D eigenvalue weighted by Gasteiger charge is -2.00. The van der Waals surface area contributed by atoms with E-state index in [0.717, 1.165) is 15.4 Å². The highest BCUT2D eigenvalue weighted by atomic mass is 32.1. The highest BCUT2D eigenvalue weighted by Crippen LogP contribution is 2.38. The van der Waals surface area contributed by atoms with E-state index in [4.69, 9.17) is 0 Å². The Balaban J connectivity index is 2.06. The summed E-state index contributed by atoms with van der Waals surface area (Å²) < 4.78 is 0. The Labute approximate surface area is 114 Å². The molecule has 0 atom stereocenters. The van der Waals surface area contributed by atoms with Crippen molar-refractivity contribution in [2.24, 2.45) is 0 Å². The number of nitrogens with zero attached hydrogens (tertiary/aromatic N) is 1. The summed E-state index contributed by atoms with van der Waals surface area (Å²) in [7, 11) is 0. The zero-order valence-corrected chi connectivity index (χ0v) is 10.8. The van der Waals surface area contributed by atoms with Gasteiger partial charge < -0.3 is 10.2 Å². The monoisotopic (exact) mass is 269 g/mol. The maximum Gasteiger partial charge on any atom is 0.127 e. The largest absolute Gasteiger partial charge is 0.507 e. The van der Waals surface area contributed by atoms with Gasteiger partial charge in [-0.3, -0.25) is 0 Å². The molecule has 0 unspecified atom stereocenters. The molecule has 1 aromatic heterocycles. The predicted octanol–water partition coefficient (Wildman–Crippen LogP) is 3.89. The lowest BCUT2D eigenvalue weighted by atomic mass is 10.2. The van der Waals surface area contributed by atoms with Crippen molar-refractivity contribution in [2.45, 2.75) is 0 Å². The van der Waals surface area contributed by atoms with Gasteiger partial charge in [-0.15, -0.1) is 11.3 Å². The van der Waals surface area contributed by atoms with E-state index in [0.29, 0.717) is 5.56 Å². The molecule has 0 amide bonds. The molecule has 3 rings (SSSR count). The van der Waals surface area contributed by atoms with Crippen LogP contribution in [-0.4, -0.2) is 15.2 Å². The first kappa shape index (κ1) is 11.7. The van der Waals surface area contributed by atoms with Crippen molar-refractivity contribution in [1.29, 1.82) is 0 Å². The summed E-state index contributed by atoms with van der Waals surface area (Å²) in [5, 5.41) is 20.4. The Morgan fingerprint density at radius 3 is 2.00 bits per heavy atom. The minimum absolute atomic E-state index is 0.209. The first-order valence-corrected chi connectivity index (χ1v) is 6.60.